The lowest BCUT2D eigenvalue weighted by atomic mass is 10.2. The van der Waals surface area contributed by atoms with Crippen molar-refractivity contribution in [3.8, 4) is 0 Å². The first-order chi connectivity index (χ1) is 7.17. The summed E-state index contributed by atoms with van der Waals surface area (Å²) in [5.74, 6) is 0. The van der Waals surface area contributed by atoms with Crippen LogP contribution in [0.5, 0.6) is 0 Å². The van der Waals surface area contributed by atoms with E-state index in [9.17, 15) is 0 Å². The largest absolute Gasteiger partial charge is 0.329 e. The van der Waals surface area contributed by atoms with Gasteiger partial charge in [0, 0.05) is 22.8 Å². The van der Waals surface area contributed by atoms with Crippen LogP contribution >= 0.6 is 11.3 Å². The number of aryl methyl sites for hydroxylation is 1. The van der Waals surface area contributed by atoms with Crippen molar-refractivity contribution in [2.45, 2.75) is 26.3 Å². The lowest BCUT2D eigenvalue weighted by Crippen LogP contribution is -2.28. The third kappa shape index (κ3) is 3.78. The van der Waals surface area contributed by atoms with Crippen molar-refractivity contribution in [3.63, 3.8) is 0 Å². The van der Waals surface area contributed by atoms with E-state index < -0.39 is 0 Å². The highest BCUT2D eigenvalue weighted by molar-refractivity contribution is 7.12. The van der Waals surface area contributed by atoms with E-state index in [1.54, 1.807) is 0 Å². The molecule has 1 rings (SSSR count). The highest BCUT2D eigenvalue weighted by Crippen LogP contribution is 2.23. The molecule has 0 amide bonds. The van der Waals surface area contributed by atoms with Gasteiger partial charge in [0.1, 0.15) is 0 Å². The zero-order chi connectivity index (χ0) is 11.3. The summed E-state index contributed by atoms with van der Waals surface area (Å²) in [5, 5.41) is 3.41. The molecular formula is C12H20N2S. The van der Waals surface area contributed by atoms with E-state index >= 15 is 0 Å². The van der Waals surface area contributed by atoms with Crippen molar-refractivity contribution in [1.29, 1.82) is 0 Å². The number of nitrogens with two attached hydrogens (primary N) is 1. The maximum atomic E-state index is 5.76. The second kappa shape index (κ2) is 6.05. The van der Waals surface area contributed by atoms with Crippen molar-refractivity contribution in [2.24, 2.45) is 5.73 Å². The van der Waals surface area contributed by atoms with E-state index in [0.29, 0.717) is 6.54 Å². The molecule has 1 aromatic heterocycles. The monoisotopic (exact) mass is 224 g/mol. The molecule has 1 unspecified atom stereocenters. The van der Waals surface area contributed by atoms with Gasteiger partial charge < -0.3 is 11.1 Å². The van der Waals surface area contributed by atoms with Crippen molar-refractivity contribution in [3.05, 3.63) is 34.0 Å². The molecule has 1 heterocycles. The third-order valence-electron chi connectivity index (χ3n) is 2.26. The van der Waals surface area contributed by atoms with Crippen molar-refractivity contribution >= 4 is 11.3 Å². The molecule has 0 fully saturated rings. The maximum Gasteiger partial charge on any atom is 0.0541 e. The molecule has 0 radical (unpaired) electrons. The molecule has 0 bridgehead atoms. The minimum absolute atomic E-state index is 0.270. The third-order valence-corrected chi connectivity index (χ3v) is 3.60. The van der Waals surface area contributed by atoms with E-state index in [0.717, 1.165) is 18.5 Å². The van der Waals surface area contributed by atoms with Gasteiger partial charge in [-0.15, -0.1) is 11.3 Å². The number of rotatable bonds is 6. The fraction of sp³-hybridized carbons (Fsp3) is 0.500. The minimum Gasteiger partial charge on any atom is -0.329 e. The van der Waals surface area contributed by atoms with Gasteiger partial charge in [-0.1, -0.05) is 19.1 Å². The fourth-order valence-electron chi connectivity index (χ4n) is 1.37. The first-order valence-corrected chi connectivity index (χ1v) is 6.15. The first kappa shape index (κ1) is 12.4. The summed E-state index contributed by atoms with van der Waals surface area (Å²) in [6.45, 7) is 9.54. The van der Waals surface area contributed by atoms with Crippen LogP contribution in [0.4, 0.5) is 0 Å². The van der Waals surface area contributed by atoms with Gasteiger partial charge in [-0.25, -0.2) is 0 Å². The molecule has 0 aromatic carbocycles. The van der Waals surface area contributed by atoms with Crippen LogP contribution < -0.4 is 11.1 Å². The Hall–Kier alpha value is -0.640. The van der Waals surface area contributed by atoms with Crippen LogP contribution in [0.15, 0.2) is 24.3 Å². The van der Waals surface area contributed by atoms with Crippen molar-refractivity contribution in [1.82, 2.24) is 5.32 Å². The summed E-state index contributed by atoms with van der Waals surface area (Å²) in [4.78, 5) is 2.75. The van der Waals surface area contributed by atoms with Crippen LogP contribution in [-0.2, 0) is 6.42 Å². The molecule has 84 valence electrons. The Morgan fingerprint density at radius 3 is 2.80 bits per heavy atom. The molecule has 0 aliphatic rings. The van der Waals surface area contributed by atoms with Gasteiger partial charge in [0.05, 0.1) is 6.04 Å². The van der Waals surface area contributed by atoms with Gasteiger partial charge in [-0.05, 0) is 25.5 Å². The Balaban J connectivity index is 2.61. The zero-order valence-corrected chi connectivity index (χ0v) is 10.4. The smallest absolute Gasteiger partial charge is 0.0541 e. The lowest BCUT2D eigenvalue weighted by molar-refractivity contribution is 0.578. The minimum atomic E-state index is 0.270. The fourth-order valence-corrected chi connectivity index (χ4v) is 2.41. The average Bonchev–Trinajstić information content (AvgIpc) is 2.67. The normalized spacial score (nSPS) is 12.7. The van der Waals surface area contributed by atoms with Gasteiger partial charge in [0.2, 0.25) is 0 Å². The molecule has 1 atom stereocenters. The standard InChI is InChI=1S/C12H20N2S/c1-4-10-5-6-12(15-10)11(7-13)14-8-9(2)3/h5-6,11,14H,2,4,7-8,13H2,1,3H3. The molecule has 3 heteroatoms. The van der Waals surface area contributed by atoms with Crippen LogP contribution in [0.3, 0.4) is 0 Å². The molecule has 0 saturated carbocycles. The molecule has 15 heavy (non-hydrogen) atoms. The second-order valence-electron chi connectivity index (χ2n) is 3.78. The summed E-state index contributed by atoms with van der Waals surface area (Å²) >= 11 is 1.85. The van der Waals surface area contributed by atoms with E-state index in [1.165, 1.54) is 9.75 Å². The molecule has 0 saturated heterocycles. The van der Waals surface area contributed by atoms with Crippen LogP contribution in [0.25, 0.3) is 0 Å². The van der Waals surface area contributed by atoms with Crippen LogP contribution in [-0.4, -0.2) is 13.1 Å². The molecular weight excluding hydrogens is 204 g/mol. The molecule has 2 nitrogen and oxygen atoms in total. The number of hydrogen-bond acceptors (Lipinski definition) is 3. The van der Waals surface area contributed by atoms with Crippen LogP contribution in [0.1, 0.15) is 29.6 Å². The Kier molecular flexibility index (Phi) is 5.02. The lowest BCUT2D eigenvalue weighted by Gasteiger charge is -2.15. The van der Waals surface area contributed by atoms with Gasteiger partial charge >= 0.3 is 0 Å². The highest BCUT2D eigenvalue weighted by atomic mass is 32.1. The maximum absolute atomic E-state index is 5.76. The Bertz CT molecular complexity index is 317. The van der Waals surface area contributed by atoms with Crippen molar-refractivity contribution < 1.29 is 0 Å². The molecule has 0 aliphatic carbocycles. The van der Waals surface area contributed by atoms with Crippen LogP contribution in [0.2, 0.25) is 0 Å². The Morgan fingerprint density at radius 2 is 2.33 bits per heavy atom. The van der Waals surface area contributed by atoms with E-state index in [1.807, 2.05) is 18.3 Å². The van der Waals surface area contributed by atoms with E-state index in [4.69, 9.17) is 5.73 Å². The number of nitrogens with one attached hydrogen (secondary N) is 1. The predicted octanol–water partition coefficient (Wildman–Crippen LogP) is 2.48. The summed E-state index contributed by atoms with van der Waals surface area (Å²) in [6.07, 6.45) is 1.10. The van der Waals surface area contributed by atoms with Crippen molar-refractivity contribution in [2.75, 3.05) is 13.1 Å². The number of hydrogen-bond donors (Lipinski definition) is 2. The van der Waals surface area contributed by atoms with E-state index in [-0.39, 0.29) is 6.04 Å². The Morgan fingerprint density at radius 1 is 1.60 bits per heavy atom. The molecule has 0 spiro atoms. The summed E-state index contributed by atoms with van der Waals surface area (Å²) in [5.41, 5.74) is 6.90. The first-order valence-electron chi connectivity index (χ1n) is 5.33. The molecule has 0 aliphatic heterocycles. The van der Waals surface area contributed by atoms with Gasteiger partial charge in [-0.3, -0.25) is 0 Å². The summed E-state index contributed by atoms with van der Waals surface area (Å²) in [7, 11) is 0. The molecule has 1 aromatic rings. The topological polar surface area (TPSA) is 38.0 Å². The SMILES string of the molecule is C=C(C)CNC(CN)c1ccc(CC)s1. The van der Waals surface area contributed by atoms with Gasteiger partial charge in [0.25, 0.3) is 0 Å². The van der Waals surface area contributed by atoms with Gasteiger partial charge in [-0.2, -0.15) is 0 Å². The van der Waals surface area contributed by atoms with E-state index in [2.05, 4.69) is 31.0 Å². The Labute approximate surface area is 96.2 Å². The van der Waals surface area contributed by atoms with Crippen LogP contribution in [0, 0.1) is 0 Å². The highest BCUT2D eigenvalue weighted by Gasteiger charge is 2.10. The molecule has 3 N–H and O–H groups in total. The average molecular weight is 224 g/mol. The predicted molar refractivity (Wildman–Crippen MR) is 68.3 cm³/mol. The second-order valence-corrected chi connectivity index (χ2v) is 4.98. The quantitative estimate of drug-likeness (QED) is 0.729. The zero-order valence-electron chi connectivity index (χ0n) is 9.55. The summed E-state index contributed by atoms with van der Waals surface area (Å²) in [6, 6.07) is 4.63. The summed E-state index contributed by atoms with van der Waals surface area (Å²) < 4.78 is 0. The van der Waals surface area contributed by atoms with Gasteiger partial charge in [0.15, 0.2) is 0 Å². The number of thiophene rings is 1.